The molecule has 1 N–H and O–H groups in total. The molecule has 3 heteroatoms. The first-order chi connectivity index (χ1) is 8.09. The summed E-state index contributed by atoms with van der Waals surface area (Å²) >= 11 is 0. The van der Waals surface area contributed by atoms with E-state index in [1.165, 1.54) is 38.3 Å². The molecule has 0 aromatic rings. The molecule has 0 aromatic heterocycles. The second-order valence-electron chi connectivity index (χ2n) is 6.09. The molecular weight excluding hydrogens is 244 g/mol. The molecule has 2 saturated heterocycles. The number of hydrogen-bond acceptors (Lipinski definition) is 1. The molecule has 1 nitrogen and oxygen atoms in total. The number of nitrogens with one attached hydrogen (secondary N) is 1. The zero-order valence-electron chi connectivity index (χ0n) is 11.9. The quantitative estimate of drug-likeness (QED) is 0.571. The van der Waals surface area contributed by atoms with E-state index in [4.69, 9.17) is 0 Å². The normalized spacial score (nSPS) is 38.8. The molecule has 100 valence electrons. The van der Waals surface area contributed by atoms with Crippen molar-refractivity contribution in [1.82, 2.24) is 5.32 Å². The molecule has 0 aromatic carbocycles. The molecule has 0 bridgehead atoms. The molecule has 2 aliphatic heterocycles. The predicted molar refractivity (Wildman–Crippen MR) is 83.5 cm³/mol. The Morgan fingerprint density at radius 1 is 0.765 bits per heavy atom. The summed E-state index contributed by atoms with van der Waals surface area (Å²) in [6.07, 6.45) is 5.93. The molecule has 0 amide bonds. The third-order valence-corrected chi connectivity index (χ3v) is 11.6. The maximum atomic E-state index is 3.70. The summed E-state index contributed by atoms with van der Waals surface area (Å²) in [6.45, 7) is 12.4. The second-order valence-corrected chi connectivity index (χ2v) is 12.6. The Hall–Kier alpha value is 0.820. The van der Waals surface area contributed by atoms with Gasteiger partial charge in [0.25, 0.3) is 0 Å². The lowest BCUT2D eigenvalue weighted by Crippen LogP contribution is -2.33. The maximum absolute atomic E-state index is 3.70. The van der Waals surface area contributed by atoms with Gasteiger partial charge in [0.2, 0.25) is 0 Å². The Bertz CT molecular complexity index is 206. The van der Waals surface area contributed by atoms with E-state index in [9.17, 15) is 0 Å². The minimum absolute atomic E-state index is 0.383. The topological polar surface area (TPSA) is 12.0 Å². The lowest BCUT2D eigenvalue weighted by Gasteiger charge is -2.43. The van der Waals surface area contributed by atoms with E-state index in [1.54, 1.807) is 0 Å². The molecule has 17 heavy (non-hydrogen) atoms. The third kappa shape index (κ3) is 3.43. The second kappa shape index (κ2) is 6.31. The van der Waals surface area contributed by atoms with Gasteiger partial charge in [-0.25, -0.2) is 0 Å². The van der Waals surface area contributed by atoms with Gasteiger partial charge in [0.05, 0.1) is 0 Å². The molecular formula is C14H29NP2. The standard InChI is InChI=1S/C14H29NP2/c1-11-9-12(2)16(11)7-5-15-6-8-17-13(3)10-14(17)4/h11-15H,5-10H2,1-4H3/t11-,12-,13-,14-/m1/s1. The summed E-state index contributed by atoms with van der Waals surface area (Å²) in [4.78, 5) is 0. The van der Waals surface area contributed by atoms with Gasteiger partial charge < -0.3 is 5.32 Å². The van der Waals surface area contributed by atoms with Crippen molar-refractivity contribution < 1.29 is 0 Å². The molecule has 0 unspecified atom stereocenters. The van der Waals surface area contributed by atoms with E-state index in [0.717, 1.165) is 22.6 Å². The highest BCUT2D eigenvalue weighted by molar-refractivity contribution is 7.61. The van der Waals surface area contributed by atoms with Gasteiger partial charge in [0.15, 0.2) is 0 Å². The van der Waals surface area contributed by atoms with Crippen molar-refractivity contribution in [2.45, 2.75) is 63.2 Å². The fourth-order valence-electron chi connectivity index (χ4n) is 3.54. The SMILES string of the molecule is C[C@@H]1C[C@@H](C)P1CCNCCP1[C@H](C)C[C@H]1C. The Morgan fingerprint density at radius 2 is 1.12 bits per heavy atom. The Balaban J connectivity index is 1.49. The largest absolute Gasteiger partial charge is 0.316 e. The van der Waals surface area contributed by atoms with Crippen LogP contribution in [-0.4, -0.2) is 48.0 Å². The van der Waals surface area contributed by atoms with Gasteiger partial charge in [-0.3, -0.25) is 0 Å². The van der Waals surface area contributed by atoms with Crippen LogP contribution in [0.3, 0.4) is 0 Å². The van der Waals surface area contributed by atoms with E-state index >= 15 is 0 Å². The maximum Gasteiger partial charge on any atom is -0.000917 e. The van der Waals surface area contributed by atoms with Crippen molar-refractivity contribution in [2.24, 2.45) is 0 Å². The fraction of sp³-hybridized carbons (Fsp3) is 1.00. The van der Waals surface area contributed by atoms with E-state index in [-0.39, 0.29) is 0 Å². The van der Waals surface area contributed by atoms with Gasteiger partial charge in [0, 0.05) is 0 Å². The molecule has 0 aliphatic carbocycles. The van der Waals surface area contributed by atoms with E-state index in [2.05, 4.69) is 33.0 Å². The van der Waals surface area contributed by atoms with Crippen molar-refractivity contribution >= 4 is 15.8 Å². The summed E-state index contributed by atoms with van der Waals surface area (Å²) < 4.78 is 0. The highest BCUT2D eigenvalue weighted by Crippen LogP contribution is 2.59. The summed E-state index contributed by atoms with van der Waals surface area (Å²) in [5, 5.41) is 3.70. The molecule has 2 rings (SSSR count). The van der Waals surface area contributed by atoms with Crippen LogP contribution in [0.4, 0.5) is 0 Å². The minimum atomic E-state index is 0.383. The van der Waals surface area contributed by atoms with Crippen molar-refractivity contribution in [1.29, 1.82) is 0 Å². The zero-order chi connectivity index (χ0) is 12.4. The van der Waals surface area contributed by atoms with Crippen LogP contribution in [0.1, 0.15) is 40.5 Å². The zero-order valence-corrected chi connectivity index (χ0v) is 13.7. The predicted octanol–water partition coefficient (Wildman–Crippen LogP) is 3.90. The van der Waals surface area contributed by atoms with Gasteiger partial charge >= 0.3 is 0 Å². The van der Waals surface area contributed by atoms with Gasteiger partial charge in [-0.15, -0.1) is 0 Å². The van der Waals surface area contributed by atoms with E-state index in [1.807, 2.05) is 0 Å². The molecule has 0 radical (unpaired) electrons. The van der Waals surface area contributed by atoms with Crippen LogP contribution in [0.15, 0.2) is 0 Å². The first-order valence-corrected chi connectivity index (χ1v) is 10.6. The van der Waals surface area contributed by atoms with Crippen molar-refractivity contribution in [3.63, 3.8) is 0 Å². The van der Waals surface area contributed by atoms with Crippen LogP contribution in [0.5, 0.6) is 0 Å². The van der Waals surface area contributed by atoms with E-state index < -0.39 is 0 Å². The first kappa shape index (κ1) is 14.2. The summed E-state index contributed by atoms with van der Waals surface area (Å²) in [7, 11) is 0.767. The average Bonchev–Trinajstić information content (AvgIpc) is 2.27. The van der Waals surface area contributed by atoms with Crippen LogP contribution in [0, 0.1) is 0 Å². The Labute approximate surface area is 110 Å². The van der Waals surface area contributed by atoms with Crippen molar-refractivity contribution in [2.75, 3.05) is 25.4 Å². The number of rotatable bonds is 6. The summed E-state index contributed by atoms with van der Waals surface area (Å²) in [6, 6.07) is 0. The molecule has 0 spiro atoms. The Kier molecular flexibility index (Phi) is 5.29. The van der Waals surface area contributed by atoms with E-state index in [0.29, 0.717) is 15.8 Å². The smallest absolute Gasteiger partial charge is 0.000917 e. The lowest BCUT2D eigenvalue weighted by molar-refractivity contribution is 0.678. The van der Waals surface area contributed by atoms with Gasteiger partial charge in [-0.2, -0.15) is 0 Å². The van der Waals surface area contributed by atoms with Crippen LogP contribution < -0.4 is 5.32 Å². The molecule has 2 heterocycles. The lowest BCUT2D eigenvalue weighted by atomic mass is 10.2. The molecule has 0 saturated carbocycles. The Morgan fingerprint density at radius 3 is 1.41 bits per heavy atom. The third-order valence-electron chi connectivity index (χ3n) is 4.72. The number of hydrogen-bond donors (Lipinski definition) is 1. The van der Waals surface area contributed by atoms with Crippen LogP contribution >= 0.6 is 15.8 Å². The summed E-state index contributed by atoms with van der Waals surface area (Å²) in [5.74, 6) is 0. The van der Waals surface area contributed by atoms with Gasteiger partial charge in [-0.05, 0) is 60.9 Å². The highest BCUT2D eigenvalue weighted by Gasteiger charge is 2.34. The molecule has 2 aliphatic rings. The first-order valence-electron chi connectivity index (χ1n) is 7.31. The van der Waals surface area contributed by atoms with Crippen molar-refractivity contribution in [3.05, 3.63) is 0 Å². The van der Waals surface area contributed by atoms with Crippen LogP contribution in [0.2, 0.25) is 0 Å². The summed E-state index contributed by atoms with van der Waals surface area (Å²) in [5.41, 5.74) is 4.21. The average molecular weight is 273 g/mol. The van der Waals surface area contributed by atoms with Crippen LogP contribution in [-0.2, 0) is 0 Å². The molecule has 4 atom stereocenters. The van der Waals surface area contributed by atoms with Gasteiger partial charge in [0.1, 0.15) is 0 Å². The van der Waals surface area contributed by atoms with Crippen molar-refractivity contribution in [3.8, 4) is 0 Å². The highest BCUT2D eigenvalue weighted by atomic mass is 31.1. The molecule has 2 fully saturated rings. The van der Waals surface area contributed by atoms with Crippen LogP contribution in [0.25, 0.3) is 0 Å². The van der Waals surface area contributed by atoms with Gasteiger partial charge in [-0.1, -0.05) is 43.5 Å². The fourth-order valence-corrected chi connectivity index (χ4v) is 9.44. The minimum Gasteiger partial charge on any atom is -0.316 e. The monoisotopic (exact) mass is 273 g/mol.